The fourth-order valence-corrected chi connectivity index (χ4v) is 8.39. The van der Waals surface area contributed by atoms with Gasteiger partial charge in [-0.15, -0.1) is 0 Å². The molecule has 6 rings (SSSR count). The van der Waals surface area contributed by atoms with Crippen molar-refractivity contribution >= 4 is 0 Å². The Balaban J connectivity index is 1.24. The van der Waals surface area contributed by atoms with Crippen molar-refractivity contribution in [2.24, 2.45) is 0 Å². The summed E-state index contributed by atoms with van der Waals surface area (Å²) in [5.74, 6) is 0. The number of hydrogen-bond donors (Lipinski definition) is 20. The molecule has 0 bridgehead atoms. The molecule has 0 aromatic rings. The molecule has 0 saturated carbocycles. The van der Waals surface area contributed by atoms with Crippen molar-refractivity contribution in [2.45, 2.75) is 184 Å². The molecule has 0 aromatic carbocycles. The first-order chi connectivity index (χ1) is 31.7. The average Bonchev–Trinajstić information content (AvgIpc) is 3.32. The number of rotatable bonds is 16. The van der Waals surface area contributed by atoms with E-state index >= 15 is 0 Å². The van der Waals surface area contributed by atoms with Gasteiger partial charge in [-0.2, -0.15) is 0 Å². The lowest BCUT2D eigenvalue weighted by atomic mass is 9.95. The molecule has 0 radical (unpaired) electrons. The third-order valence-electron chi connectivity index (χ3n) is 12.4. The monoisotopic (exact) mass is 990 g/mol. The van der Waals surface area contributed by atoms with Crippen LogP contribution in [0.5, 0.6) is 0 Å². The van der Waals surface area contributed by atoms with Crippen LogP contribution >= 0.6 is 0 Å². The van der Waals surface area contributed by atoms with Crippen molar-refractivity contribution in [2.75, 3.05) is 39.6 Å². The van der Waals surface area contributed by atoms with Gasteiger partial charge in [-0.05, 0) is 0 Å². The van der Waals surface area contributed by atoms with E-state index in [9.17, 15) is 102 Å². The molecule has 6 aliphatic heterocycles. The Morgan fingerprint density at radius 3 is 0.955 bits per heavy atom. The van der Waals surface area contributed by atoms with Crippen LogP contribution in [0.3, 0.4) is 0 Å². The van der Waals surface area contributed by atoms with Gasteiger partial charge in [0, 0.05) is 0 Å². The normalized spacial score (nSPS) is 53.4. The molecule has 6 aliphatic rings. The minimum Gasteiger partial charge on any atom is -0.394 e. The third-order valence-corrected chi connectivity index (χ3v) is 12.4. The standard InChI is InChI=1S/C36H62O31/c37-1-7-13(42)16(45)23(52)32(59-7)66-29-12(6-57-36-30(18(47)15(44)9(3-39)61-36)67-33-24(53)17(46)14(43)8(2-38)60-33)63-35(26(55)21(29)50)65-28-11(5-41)62-34(25(54)20(28)49)64-27-10(4-40)58-31(56)22(51)19(27)48/h7-56H,1-6H2/t7-,8-,9-,10-,11-,12-,13-,14+,15+,16+,17+,18+,19-,20-,21-,22+,23-,24-,25-,26+,27-,28-,29-,30-,31?,32+,33+,34+,35+,36+/m1/s1. The summed E-state index contributed by atoms with van der Waals surface area (Å²) in [6.07, 6.45) is -58.0. The third kappa shape index (κ3) is 11.4. The van der Waals surface area contributed by atoms with Crippen molar-refractivity contribution in [1.82, 2.24) is 0 Å². The highest BCUT2D eigenvalue weighted by Crippen LogP contribution is 2.36. The minimum atomic E-state index is -2.26. The van der Waals surface area contributed by atoms with E-state index in [0.717, 1.165) is 0 Å². The summed E-state index contributed by atoms with van der Waals surface area (Å²) in [6.45, 7) is -5.68. The van der Waals surface area contributed by atoms with Crippen molar-refractivity contribution in [3.63, 3.8) is 0 Å². The van der Waals surface area contributed by atoms with E-state index in [0.29, 0.717) is 0 Å². The van der Waals surface area contributed by atoms with Gasteiger partial charge in [-0.3, -0.25) is 0 Å². The Kier molecular flexibility index (Phi) is 19.4. The molecule has 6 saturated heterocycles. The number of ether oxygens (including phenoxy) is 11. The molecule has 67 heavy (non-hydrogen) atoms. The Bertz CT molecular complexity index is 1500. The second-order valence-electron chi connectivity index (χ2n) is 16.8. The molecule has 20 N–H and O–H groups in total. The van der Waals surface area contributed by atoms with E-state index in [4.69, 9.17) is 52.1 Å². The highest BCUT2D eigenvalue weighted by molar-refractivity contribution is 4.99. The van der Waals surface area contributed by atoms with Crippen molar-refractivity contribution in [1.29, 1.82) is 0 Å². The molecule has 0 aromatic heterocycles. The minimum absolute atomic E-state index is 0.888. The quantitative estimate of drug-likeness (QED) is 0.0683. The molecule has 31 heteroatoms. The van der Waals surface area contributed by atoms with Crippen LogP contribution in [0.4, 0.5) is 0 Å². The van der Waals surface area contributed by atoms with Gasteiger partial charge in [0.1, 0.15) is 146 Å². The summed E-state index contributed by atoms with van der Waals surface area (Å²) in [6, 6.07) is 0. The summed E-state index contributed by atoms with van der Waals surface area (Å²) >= 11 is 0. The molecule has 0 amide bonds. The number of aliphatic hydroxyl groups is 20. The van der Waals surface area contributed by atoms with Crippen LogP contribution in [-0.2, 0) is 52.1 Å². The van der Waals surface area contributed by atoms with Crippen LogP contribution in [-0.4, -0.2) is 326 Å². The summed E-state index contributed by atoms with van der Waals surface area (Å²) in [5, 5.41) is 210. The summed E-state index contributed by atoms with van der Waals surface area (Å²) in [5.41, 5.74) is 0. The van der Waals surface area contributed by atoms with Gasteiger partial charge >= 0.3 is 0 Å². The van der Waals surface area contributed by atoms with E-state index in [-0.39, 0.29) is 0 Å². The van der Waals surface area contributed by atoms with Crippen LogP contribution in [0.2, 0.25) is 0 Å². The molecule has 6 fully saturated rings. The van der Waals surface area contributed by atoms with Crippen LogP contribution in [0.15, 0.2) is 0 Å². The first-order valence-electron chi connectivity index (χ1n) is 21.1. The molecule has 31 nitrogen and oxygen atoms in total. The maximum Gasteiger partial charge on any atom is 0.187 e. The van der Waals surface area contributed by atoms with Gasteiger partial charge in [-0.1, -0.05) is 0 Å². The Hall–Kier alpha value is -1.24. The van der Waals surface area contributed by atoms with Crippen molar-refractivity contribution in [3.8, 4) is 0 Å². The van der Waals surface area contributed by atoms with Crippen LogP contribution in [0.1, 0.15) is 0 Å². The SMILES string of the molecule is OC[C@H]1O[C@@H](O[C@H]2[C@@H](OC[C@H]3O[C@@H](O[C@H]4[C@H](O)[C@@H](O)[C@H](O[C@H]5[C@H](O)[C@H](O)C(O)O[C@@H]5CO)O[C@@H]4CO)[C@@H](O)[C@@H](O)[C@@H]3O[C@@H]3O[C@H](CO)[C@@H](O)[C@H](O)[C@H]3O)O[C@H](CO)[C@H](O)[C@@H]2O)[C@H](O)[C@@H](O)[C@H]1O. The topological polar surface area (TPSA) is 506 Å². The zero-order valence-electron chi connectivity index (χ0n) is 35.0. The second-order valence-corrected chi connectivity index (χ2v) is 16.8. The van der Waals surface area contributed by atoms with E-state index in [2.05, 4.69) is 0 Å². The summed E-state index contributed by atoms with van der Waals surface area (Å²) in [4.78, 5) is 0. The fraction of sp³-hybridized carbons (Fsp3) is 1.00. The van der Waals surface area contributed by atoms with Crippen LogP contribution < -0.4 is 0 Å². The molecular formula is C36H62O31. The van der Waals surface area contributed by atoms with Crippen LogP contribution in [0.25, 0.3) is 0 Å². The maximum atomic E-state index is 11.6. The molecule has 0 aliphatic carbocycles. The smallest absolute Gasteiger partial charge is 0.187 e. The van der Waals surface area contributed by atoms with Crippen LogP contribution in [0, 0.1) is 0 Å². The number of hydrogen-bond acceptors (Lipinski definition) is 31. The lowest BCUT2D eigenvalue weighted by molar-refractivity contribution is -0.394. The second kappa shape index (κ2) is 23.5. The predicted molar refractivity (Wildman–Crippen MR) is 199 cm³/mol. The van der Waals surface area contributed by atoms with E-state index in [1.807, 2.05) is 0 Å². The molecule has 1 unspecified atom stereocenters. The first-order valence-corrected chi connectivity index (χ1v) is 21.1. The average molecular weight is 991 g/mol. The van der Waals surface area contributed by atoms with Gasteiger partial charge in [0.05, 0.1) is 39.6 Å². The summed E-state index contributed by atoms with van der Waals surface area (Å²) in [7, 11) is 0. The number of aliphatic hydroxyl groups excluding tert-OH is 20. The van der Waals surface area contributed by atoms with Gasteiger partial charge in [-0.25, -0.2) is 0 Å². The Morgan fingerprint density at radius 2 is 0.537 bits per heavy atom. The predicted octanol–water partition coefficient (Wildman–Crippen LogP) is -14.1. The van der Waals surface area contributed by atoms with Gasteiger partial charge in [0.25, 0.3) is 0 Å². The molecule has 392 valence electrons. The molecular weight excluding hydrogens is 928 g/mol. The first kappa shape index (κ1) is 55.1. The van der Waals surface area contributed by atoms with Gasteiger partial charge in [0.2, 0.25) is 0 Å². The fourth-order valence-electron chi connectivity index (χ4n) is 8.39. The zero-order valence-corrected chi connectivity index (χ0v) is 35.0. The van der Waals surface area contributed by atoms with E-state index in [1.165, 1.54) is 0 Å². The Morgan fingerprint density at radius 1 is 0.254 bits per heavy atom. The molecule has 30 atom stereocenters. The largest absolute Gasteiger partial charge is 0.394 e. The highest BCUT2D eigenvalue weighted by Gasteiger charge is 2.57. The lowest BCUT2D eigenvalue weighted by Crippen LogP contribution is -2.68. The maximum absolute atomic E-state index is 11.6. The van der Waals surface area contributed by atoms with E-state index in [1.54, 1.807) is 0 Å². The molecule has 6 heterocycles. The van der Waals surface area contributed by atoms with Crippen molar-refractivity contribution < 1.29 is 154 Å². The zero-order chi connectivity index (χ0) is 49.3. The molecule has 0 spiro atoms. The van der Waals surface area contributed by atoms with Gasteiger partial charge < -0.3 is 154 Å². The van der Waals surface area contributed by atoms with Crippen molar-refractivity contribution in [3.05, 3.63) is 0 Å². The Labute approximate surface area is 378 Å². The van der Waals surface area contributed by atoms with E-state index < -0.39 is 224 Å². The highest BCUT2D eigenvalue weighted by atomic mass is 16.8. The summed E-state index contributed by atoms with van der Waals surface area (Å²) < 4.78 is 61.5. The van der Waals surface area contributed by atoms with Gasteiger partial charge in [0.15, 0.2) is 37.7 Å². The lowest BCUT2D eigenvalue weighted by Gasteiger charge is -2.49.